The molecule has 1 atom stereocenters. The van der Waals surface area contributed by atoms with Gasteiger partial charge in [0.25, 0.3) is 5.91 Å². The number of aromatic carboxylic acids is 1. The van der Waals surface area contributed by atoms with Crippen LogP contribution in [0.25, 0.3) is 0 Å². The van der Waals surface area contributed by atoms with Crippen molar-refractivity contribution < 1.29 is 29.2 Å². The van der Waals surface area contributed by atoms with Gasteiger partial charge in [-0.1, -0.05) is 17.3 Å². The molecule has 0 radical (unpaired) electrons. The van der Waals surface area contributed by atoms with Crippen LogP contribution >= 0.6 is 11.3 Å². The van der Waals surface area contributed by atoms with Crippen LogP contribution in [0.1, 0.15) is 34.5 Å². The average molecular weight is 473 g/mol. The number of thiazole rings is 1. The summed E-state index contributed by atoms with van der Waals surface area (Å²) in [6, 6.07) is 4.66. The van der Waals surface area contributed by atoms with E-state index in [-0.39, 0.29) is 34.3 Å². The van der Waals surface area contributed by atoms with Crippen molar-refractivity contribution >= 4 is 41.2 Å². The van der Waals surface area contributed by atoms with E-state index < -0.39 is 24.9 Å². The quantitative estimate of drug-likeness (QED) is 0.216. The number of nitrogens with zero attached hydrogens (tertiary/aromatic N) is 2. The summed E-state index contributed by atoms with van der Waals surface area (Å²) in [4.78, 5) is 34.1. The van der Waals surface area contributed by atoms with Gasteiger partial charge in [-0.2, -0.15) is 0 Å². The van der Waals surface area contributed by atoms with Gasteiger partial charge in [0.15, 0.2) is 10.8 Å². The summed E-state index contributed by atoms with van der Waals surface area (Å²) in [6.07, 6.45) is 2.10. The Morgan fingerprint density at radius 1 is 1.39 bits per heavy atom. The number of nitrogen functional groups attached to an aromatic ring is 1. The summed E-state index contributed by atoms with van der Waals surface area (Å²) in [5, 5.41) is 31.7. The molecule has 0 bridgehead atoms. The zero-order valence-corrected chi connectivity index (χ0v) is 18.5. The number of anilines is 1. The molecule has 4 rings (SSSR count). The van der Waals surface area contributed by atoms with Crippen molar-refractivity contribution in [3.63, 3.8) is 0 Å². The molecule has 2 aliphatic heterocycles. The van der Waals surface area contributed by atoms with Crippen LogP contribution in [0.15, 0.2) is 28.7 Å². The Bertz CT molecular complexity index is 1060. The zero-order chi connectivity index (χ0) is 23.4. The SMILES string of the molecule is Nc1nc(/C(=N/OCC2CCNCC2)C(=O)N[C@H]2Cc3cccc(C(=O)O)c3OB2O)cs1. The van der Waals surface area contributed by atoms with Crippen molar-refractivity contribution in [3.8, 4) is 5.75 Å². The number of fused-ring (bicyclic) bond motifs is 1. The Morgan fingerprint density at radius 3 is 2.88 bits per heavy atom. The number of nitrogens with one attached hydrogen (secondary N) is 2. The topological polar surface area (TPSA) is 168 Å². The Balaban J connectivity index is 1.49. The highest BCUT2D eigenvalue weighted by Gasteiger charge is 2.38. The van der Waals surface area contributed by atoms with Gasteiger partial charge >= 0.3 is 13.1 Å². The number of amides is 1. The van der Waals surface area contributed by atoms with Gasteiger partial charge in [-0.3, -0.25) is 4.79 Å². The maximum Gasteiger partial charge on any atom is 0.547 e. The van der Waals surface area contributed by atoms with E-state index in [2.05, 4.69) is 20.8 Å². The molecule has 13 heteroatoms. The second kappa shape index (κ2) is 10.2. The summed E-state index contributed by atoms with van der Waals surface area (Å²) < 4.78 is 5.44. The van der Waals surface area contributed by atoms with Gasteiger partial charge in [-0.25, -0.2) is 9.78 Å². The predicted octanol–water partition coefficient (Wildman–Crippen LogP) is 0.283. The largest absolute Gasteiger partial charge is 0.547 e. The second-order valence-corrected chi connectivity index (χ2v) is 8.78. The number of carbonyl (C=O) groups excluding carboxylic acids is 1. The first kappa shape index (κ1) is 23.0. The van der Waals surface area contributed by atoms with Crippen LogP contribution in [0, 0.1) is 5.92 Å². The molecule has 1 aromatic carbocycles. The number of para-hydroxylation sites is 1. The molecule has 0 spiro atoms. The van der Waals surface area contributed by atoms with Crippen molar-refractivity contribution in [3.05, 3.63) is 40.4 Å². The Kier molecular flexibility index (Phi) is 7.11. The van der Waals surface area contributed by atoms with Gasteiger partial charge in [0, 0.05) is 5.38 Å². The molecule has 1 saturated heterocycles. The molecule has 174 valence electrons. The highest BCUT2D eigenvalue weighted by atomic mass is 32.1. The minimum atomic E-state index is -1.45. The fraction of sp³-hybridized carbons (Fsp3) is 0.400. The molecular weight excluding hydrogens is 449 g/mol. The predicted molar refractivity (Wildman–Crippen MR) is 122 cm³/mol. The van der Waals surface area contributed by atoms with Crippen molar-refractivity contribution in [2.24, 2.45) is 11.1 Å². The molecule has 0 saturated carbocycles. The summed E-state index contributed by atoms with van der Waals surface area (Å²) in [6.45, 7) is 2.20. The third kappa shape index (κ3) is 5.43. The number of nitrogens with two attached hydrogens (primary N) is 1. The Hall–Kier alpha value is -3.16. The van der Waals surface area contributed by atoms with Crippen LogP contribution in [0.2, 0.25) is 0 Å². The summed E-state index contributed by atoms with van der Waals surface area (Å²) in [5.74, 6) is -2.18. The van der Waals surface area contributed by atoms with Crippen molar-refractivity contribution in [2.45, 2.75) is 25.2 Å². The molecule has 0 unspecified atom stereocenters. The summed E-state index contributed by atoms with van der Waals surface area (Å²) in [5.41, 5.74) is 6.43. The molecule has 1 fully saturated rings. The first-order chi connectivity index (χ1) is 15.9. The summed E-state index contributed by atoms with van der Waals surface area (Å²) in [7, 11) is -1.45. The maximum atomic E-state index is 13.1. The third-order valence-corrected chi connectivity index (χ3v) is 6.24. The molecule has 3 heterocycles. The van der Waals surface area contributed by atoms with Crippen LogP contribution in [0.5, 0.6) is 5.75 Å². The number of carboxylic acids is 1. The fourth-order valence-electron chi connectivity index (χ4n) is 3.81. The molecular formula is C20H24BN5O6S. The first-order valence-electron chi connectivity index (χ1n) is 10.5. The van der Waals surface area contributed by atoms with Gasteiger partial charge in [-0.15, -0.1) is 11.3 Å². The minimum absolute atomic E-state index is 0.0529. The Morgan fingerprint density at radius 2 is 2.18 bits per heavy atom. The second-order valence-electron chi connectivity index (χ2n) is 7.89. The molecule has 2 aliphatic rings. The third-order valence-electron chi connectivity index (χ3n) is 5.57. The van der Waals surface area contributed by atoms with Gasteiger partial charge in [0.1, 0.15) is 18.1 Å². The average Bonchev–Trinajstić information content (AvgIpc) is 3.23. The molecule has 1 amide bonds. The number of rotatable bonds is 7. The molecule has 11 nitrogen and oxygen atoms in total. The van der Waals surface area contributed by atoms with E-state index in [1.54, 1.807) is 17.5 Å². The first-order valence-corrected chi connectivity index (χ1v) is 11.4. The minimum Gasteiger partial charge on any atom is -0.534 e. The molecule has 33 heavy (non-hydrogen) atoms. The highest BCUT2D eigenvalue weighted by molar-refractivity contribution is 7.13. The fourth-order valence-corrected chi connectivity index (χ4v) is 4.36. The monoisotopic (exact) mass is 473 g/mol. The van der Waals surface area contributed by atoms with E-state index in [4.69, 9.17) is 15.2 Å². The van der Waals surface area contributed by atoms with E-state index in [0.29, 0.717) is 18.1 Å². The number of carboxylic acid groups (broad SMARTS) is 1. The number of carbonyl (C=O) groups is 2. The van der Waals surface area contributed by atoms with E-state index >= 15 is 0 Å². The molecule has 1 aromatic heterocycles. The number of hydrogen-bond acceptors (Lipinski definition) is 10. The number of hydrogen-bond donors (Lipinski definition) is 5. The van der Waals surface area contributed by atoms with E-state index in [1.165, 1.54) is 17.4 Å². The van der Waals surface area contributed by atoms with Crippen LogP contribution in [-0.2, 0) is 16.1 Å². The van der Waals surface area contributed by atoms with E-state index in [0.717, 1.165) is 25.9 Å². The normalized spacial score (nSPS) is 18.9. The van der Waals surface area contributed by atoms with Gasteiger partial charge < -0.3 is 36.0 Å². The lowest BCUT2D eigenvalue weighted by Crippen LogP contribution is -2.54. The van der Waals surface area contributed by atoms with E-state index in [9.17, 15) is 19.7 Å². The lowest BCUT2D eigenvalue weighted by Gasteiger charge is -2.28. The van der Waals surface area contributed by atoms with Crippen LogP contribution < -0.4 is 21.0 Å². The van der Waals surface area contributed by atoms with Gasteiger partial charge in [-0.05, 0) is 49.9 Å². The van der Waals surface area contributed by atoms with E-state index in [1.807, 2.05) is 0 Å². The highest BCUT2D eigenvalue weighted by Crippen LogP contribution is 2.30. The number of oxime groups is 1. The number of aromatic nitrogens is 1. The zero-order valence-electron chi connectivity index (χ0n) is 17.7. The molecule has 6 N–H and O–H groups in total. The van der Waals surface area contributed by atoms with Crippen molar-refractivity contribution in [2.75, 3.05) is 25.4 Å². The standard InChI is InChI=1S/C20H24BN5O6S/c22-20-24-14(10-33-20)16(26-31-9-11-4-6-23-7-5-11)18(27)25-15-8-12-2-1-3-13(19(28)29)17(12)32-21(15)30/h1-3,10-11,15,23,30H,4-9H2,(H2,22,24)(H,25,27)(H,28,29)/b26-16-/t15-/m0/s1. The van der Waals surface area contributed by atoms with Crippen molar-refractivity contribution in [1.82, 2.24) is 15.6 Å². The molecule has 2 aromatic rings. The maximum absolute atomic E-state index is 13.1. The summed E-state index contributed by atoms with van der Waals surface area (Å²) >= 11 is 1.17. The van der Waals surface area contributed by atoms with Crippen LogP contribution in [0.3, 0.4) is 0 Å². The lowest BCUT2D eigenvalue weighted by molar-refractivity contribution is -0.115. The molecule has 0 aliphatic carbocycles. The van der Waals surface area contributed by atoms with Crippen LogP contribution in [0.4, 0.5) is 5.13 Å². The Labute approximate surface area is 194 Å². The van der Waals surface area contributed by atoms with Gasteiger partial charge in [0.2, 0.25) is 0 Å². The van der Waals surface area contributed by atoms with Crippen LogP contribution in [-0.4, -0.2) is 65.5 Å². The van der Waals surface area contributed by atoms with Gasteiger partial charge in [0.05, 0.1) is 11.5 Å². The number of benzene rings is 1. The number of piperidine rings is 1. The smallest absolute Gasteiger partial charge is 0.534 e. The lowest BCUT2D eigenvalue weighted by atomic mass is 9.72. The van der Waals surface area contributed by atoms with Crippen molar-refractivity contribution in [1.29, 1.82) is 0 Å².